The van der Waals surface area contributed by atoms with E-state index in [0.29, 0.717) is 11.7 Å². The van der Waals surface area contributed by atoms with Crippen LogP contribution in [0.25, 0.3) is 0 Å². The van der Waals surface area contributed by atoms with Gasteiger partial charge in [0, 0.05) is 13.1 Å². The molecule has 1 atom stereocenters. The molecule has 0 aliphatic carbocycles. The molecule has 1 fully saturated rings. The summed E-state index contributed by atoms with van der Waals surface area (Å²) in [7, 11) is 0. The average molecular weight is 238 g/mol. The highest BCUT2D eigenvalue weighted by atomic mass is 16.3. The molecule has 1 aromatic heterocycles. The van der Waals surface area contributed by atoms with Crippen LogP contribution in [-0.4, -0.2) is 44.6 Å². The Balaban J connectivity index is 1.84. The molecule has 0 aromatic carbocycles. The second kappa shape index (κ2) is 5.60. The molecule has 17 heavy (non-hydrogen) atoms. The van der Waals surface area contributed by atoms with Gasteiger partial charge in [-0.05, 0) is 25.3 Å². The predicted octanol–water partition coefficient (Wildman–Crippen LogP) is 1.06. The van der Waals surface area contributed by atoms with Crippen molar-refractivity contribution in [3.63, 3.8) is 0 Å². The van der Waals surface area contributed by atoms with Crippen LogP contribution in [-0.2, 0) is 6.61 Å². The van der Waals surface area contributed by atoms with Gasteiger partial charge in [-0.1, -0.05) is 19.1 Å². The minimum Gasteiger partial charge on any atom is -0.390 e. The van der Waals surface area contributed by atoms with E-state index >= 15 is 0 Å². The zero-order chi connectivity index (χ0) is 12.3. The largest absolute Gasteiger partial charge is 0.390 e. The van der Waals surface area contributed by atoms with E-state index in [9.17, 15) is 0 Å². The van der Waals surface area contributed by atoms with E-state index in [1.807, 2.05) is 10.9 Å². The molecule has 0 amide bonds. The van der Waals surface area contributed by atoms with Gasteiger partial charge in [-0.25, -0.2) is 4.68 Å². The van der Waals surface area contributed by atoms with Crippen molar-refractivity contribution in [2.75, 3.05) is 19.6 Å². The van der Waals surface area contributed by atoms with Gasteiger partial charge < -0.3 is 10.0 Å². The fourth-order valence-electron chi connectivity index (χ4n) is 2.24. The van der Waals surface area contributed by atoms with E-state index in [0.717, 1.165) is 25.4 Å². The highest BCUT2D eigenvalue weighted by molar-refractivity contribution is 4.92. The molecule has 2 rings (SSSR count). The lowest BCUT2D eigenvalue weighted by molar-refractivity contribution is 0.276. The lowest BCUT2D eigenvalue weighted by atomic mass is 10.1. The lowest BCUT2D eigenvalue weighted by Gasteiger charge is -2.16. The highest BCUT2D eigenvalue weighted by Gasteiger charge is 2.24. The first-order valence-corrected chi connectivity index (χ1v) is 6.43. The van der Waals surface area contributed by atoms with Crippen LogP contribution < -0.4 is 0 Å². The summed E-state index contributed by atoms with van der Waals surface area (Å²) in [5.74, 6) is 0.765. The second-order valence-electron chi connectivity index (χ2n) is 5.27. The summed E-state index contributed by atoms with van der Waals surface area (Å²) >= 11 is 0. The summed E-state index contributed by atoms with van der Waals surface area (Å²) in [6.45, 7) is 7.88. The van der Waals surface area contributed by atoms with E-state index in [1.165, 1.54) is 13.0 Å². The molecular formula is C12H22N4O. The fourth-order valence-corrected chi connectivity index (χ4v) is 2.24. The summed E-state index contributed by atoms with van der Waals surface area (Å²) in [6.07, 6.45) is 4.24. The van der Waals surface area contributed by atoms with Crippen molar-refractivity contribution in [3.05, 3.63) is 11.9 Å². The van der Waals surface area contributed by atoms with E-state index in [2.05, 4.69) is 29.1 Å². The summed E-state index contributed by atoms with van der Waals surface area (Å²) in [5.41, 5.74) is 0.658. The first-order valence-electron chi connectivity index (χ1n) is 6.43. The van der Waals surface area contributed by atoms with Gasteiger partial charge in [0.25, 0.3) is 0 Å². The van der Waals surface area contributed by atoms with Gasteiger partial charge in [0.1, 0.15) is 5.69 Å². The number of aliphatic hydroxyl groups excluding tert-OH is 1. The van der Waals surface area contributed by atoms with E-state index in [-0.39, 0.29) is 6.61 Å². The van der Waals surface area contributed by atoms with Crippen molar-refractivity contribution in [2.24, 2.45) is 5.92 Å². The molecule has 1 aliphatic rings. The van der Waals surface area contributed by atoms with Crippen molar-refractivity contribution in [3.8, 4) is 0 Å². The minimum absolute atomic E-state index is 0.0240. The zero-order valence-electron chi connectivity index (χ0n) is 10.7. The molecule has 5 nitrogen and oxygen atoms in total. The van der Waals surface area contributed by atoms with Crippen molar-refractivity contribution in [2.45, 2.75) is 39.3 Å². The number of rotatable bonds is 5. The third-order valence-electron chi connectivity index (χ3n) is 3.36. The Hall–Kier alpha value is -0.940. The summed E-state index contributed by atoms with van der Waals surface area (Å²) < 4.78 is 1.90. The first-order chi connectivity index (χ1) is 8.19. The first kappa shape index (κ1) is 12.5. The quantitative estimate of drug-likeness (QED) is 0.833. The Morgan fingerprint density at radius 2 is 2.35 bits per heavy atom. The molecule has 1 aromatic rings. The number of hydrogen-bond donors (Lipinski definition) is 1. The van der Waals surface area contributed by atoms with Gasteiger partial charge in [-0.2, -0.15) is 0 Å². The van der Waals surface area contributed by atoms with Crippen LogP contribution in [0.15, 0.2) is 6.20 Å². The average Bonchev–Trinajstić information content (AvgIpc) is 2.94. The van der Waals surface area contributed by atoms with Crippen LogP contribution in [0.2, 0.25) is 0 Å². The van der Waals surface area contributed by atoms with E-state index < -0.39 is 0 Å². The molecular weight excluding hydrogens is 216 g/mol. The predicted molar refractivity (Wildman–Crippen MR) is 65.5 cm³/mol. The Kier molecular flexibility index (Phi) is 4.12. The number of nitrogens with zero attached hydrogens (tertiary/aromatic N) is 4. The molecule has 96 valence electrons. The summed E-state index contributed by atoms with van der Waals surface area (Å²) in [5, 5.41) is 17.0. The van der Waals surface area contributed by atoms with Crippen LogP contribution in [0.5, 0.6) is 0 Å². The maximum absolute atomic E-state index is 8.96. The number of aliphatic hydroxyl groups is 1. The van der Waals surface area contributed by atoms with Crippen LogP contribution in [0, 0.1) is 5.92 Å². The molecule has 0 radical (unpaired) electrons. The molecule has 1 N–H and O–H groups in total. The summed E-state index contributed by atoms with van der Waals surface area (Å²) in [4.78, 5) is 2.49. The smallest absolute Gasteiger partial charge is 0.108 e. The van der Waals surface area contributed by atoms with Crippen molar-refractivity contribution >= 4 is 0 Å². The van der Waals surface area contributed by atoms with E-state index in [4.69, 9.17) is 5.11 Å². The van der Waals surface area contributed by atoms with Crippen LogP contribution in [0.1, 0.15) is 38.4 Å². The standard InChI is InChI=1S/C12H22N4O/c1-10(2)3-5-15-6-4-12(8-15)16-7-11(9-17)13-14-16/h7,10,12,17H,3-6,8-9H2,1-2H3/t12-/m0/s1. The van der Waals surface area contributed by atoms with Crippen LogP contribution in [0.4, 0.5) is 0 Å². The summed E-state index contributed by atoms with van der Waals surface area (Å²) in [6, 6.07) is 0.426. The molecule has 0 bridgehead atoms. The van der Waals surface area contributed by atoms with Crippen molar-refractivity contribution < 1.29 is 5.11 Å². The SMILES string of the molecule is CC(C)CCN1CC[C@H](n2cc(CO)nn2)C1. The maximum Gasteiger partial charge on any atom is 0.108 e. The minimum atomic E-state index is -0.0240. The molecule has 0 saturated carbocycles. The lowest BCUT2D eigenvalue weighted by Crippen LogP contribution is -2.24. The third kappa shape index (κ3) is 3.26. The van der Waals surface area contributed by atoms with Crippen LogP contribution in [0.3, 0.4) is 0 Å². The maximum atomic E-state index is 8.96. The van der Waals surface area contributed by atoms with Gasteiger partial charge >= 0.3 is 0 Å². The van der Waals surface area contributed by atoms with Gasteiger partial charge in [0.2, 0.25) is 0 Å². The number of aromatic nitrogens is 3. The Morgan fingerprint density at radius 1 is 1.53 bits per heavy atom. The molecule has 1 aliphatic heterocycles. The topological polar surface area (TPSA) is 54.2 Å². The number of likely N-dealkylation sites (tertiary alicyclic amines) is 1. The van der Waals surface area contributed by atoms with Crippen molar-refractivity contribution in [1.29, 1.82) is 0 Å². The van der Waals surface area contributed by atoms with Crippen LogP contribution >= 0.6 is 0 Å². The van der Waals surface area contributed by atoms with Gasteiger partial charge in [0.05, 0.1) is 18.8 Å². The monoisotopic (exact) mass is 238 g/mol. The fraction of sp³-hybridized carbons (Fsp3) is 0.833. The molecule has 0 spiro atoms. The van der Waals surface area contributed by atoms with Gasteiger partial charge in [0.15, 0.2) is 0 Å². The zero-order valence-corrected chi connectivity index (χ0v) is 10.7. The number of hydrogen-bond acceptors (Lipinski definition) is 4. The van der Waals surface area contributed by atoms with Crippen molar-refractivity contribution in [1.82, 2.24) is 19.9 Å². The van der Waals surface area contributed by atoms with Gasteiger partial charge in [-0.3, -0.25) is 0 Å². The highest BCUT2D eigenvalue weighted by Crippen LogP contribution is 2.21. The molecule has 5 heteroatoms. The third-order valence-corrected chi connectivity index (χ3v) is 3.36. The second-order valence-corrected chi connectivity index (χ2v) is 5.27. The molecule has 1 saturated heterocycles. The Morgan fingerprint density at radius 3 is 3.00 bits per heavy atom. The Bertz CT molecular complexity index is 350. The molecule has 2 heterocycles. The van der Waals surface area contributed by atoms with Gasteiger partial charge in [-0.15, -0.1) is 5.10 Å². The Labute approximate surface area is 102 Å². The van der Waals surface area contributed by atoms with E-state index in [1.54, 1.807) is 0 Å². The molecule has 0 unspecified atom stereocenters. The normalized spacial score (nSPS) is 21.5.